The number of fused-ring (bicyclic) bond motifs is 1. The number of imidazole rings is 1. The Kier molecular flexibility index (Phi) is 6.09. The lowest BCUT2D eigenvalue weighted by Gasteiger charge is -2.28. The summed E-state index contributed by atoms with van der Waals surface area (Å²) in [6, 6.07) is 16.6. The third kappa shape index (κ3) is 4.69. The van der Waals surface area contributed by atoms with Crippen LogP contribution in [0.2, 0.25) is 0 Å². The van der Waals surface area contributed by atoms with E-state index in [2.05, 4.69) is 19.9 Å². The summed E-state index contributed by atoms with van der Waals surface area (Å²) in [4.78, 5) is 25.1. The Hall–Kier alpha value is -3.98. The van der Waals surface area contributed by atoms with Crippen LogP contribution in [0.5, 0.6) is 11.8 Å². The molecular formula is C25H23FN4O4. The number of aliphatic carboxylic acids is 1. The maximum Gasteiger partial charge on any atom is 0.307 e. The van der Waals surface area contributed by atoms with Gasteiger partial charge < -0.3 is 24.5 Å². The van der Waals surface area contributed by atoms with Gasteiger partial charge in [-0.25, -0.2) is 9.37 Å². The van der Waals surface area contributed by atoms with Gasteiger partial charge in [0.25, 0.3) is 0 Å². The number of anilines is 1. The molecule has 2 aromatic carbocycles. The number of hydrogen-bond acceptors (Lipinski definition) is 6. The van der Waals surface area contributed by atoms with Gasteiger partial charge in [-0.2, -0.15) is 4.98 Å². The molecule has 0 spiro atoms. The third-order valence-electron chi connectivity index (χ3n) is 5.68. The standard InChI is InChI=1S/C25H23FN4O4/c26-15-18-14-21-24(29-25(27-21)34-20-7-1-16(2-8-20)13-22(31)32)28-23(18)17-3-5-19(6-4-17)30-9-11-33-12-10-30/h1-8,14H,9-13,15H2,(H,31,32)(H,27,28,29). The number of nitrogens with one attached hydrogen (secondary N) is 1. The molecule has 34 heavy (non-hydrogen) atoms. The quantitative estimate of drug-likeness (QED) is 0.421. The van der Waals surface area contributed by atoms with Crippen LogP contribution in [-0.2, 0) is 22.6 Å². The van der Waals surface area contributed by atoms with Gasteiger partial charge in [0.1, 0.15) is 12.4 Å². The molecule has 5 rings (SSSR count). The predicted molar refractivity (Wildman–Crippen MR) is 125 cm³/mol. The number of ether oxygens (including phenoxy) is 2. The number of carbonyl (C=O) groups is 1. The molecule has 0 bridgehead atoms. The van der Waals surface area contributed by atoms with Crippen molar-refractivity contribution < 1.29 is 23.8 Å². The number of morpholine rings is 1. The molecule has 0 radical (unpaired) electrons. The zero-order chi connectivity index (χ0) is 23.5. The molecule has 0 aliphatic carbocycles. The Morgan fingerprint density at radius 1 is 1.09 bits per heavy atom. The van der Waals surface area contributed by atoms with E-state index in [1.807, 2.05) is 24.3 Å². The summed E-state index contributed by atoms with van der Waals surface area (Å²) in [6.45, 7) is 2.45. The highest BCUT2D eigenvalue weighted by atomic mass is 19.1. The number of benzene rings is 2. The fourth-order valence-corrected chi connectivity index (χ4v) is 3.98. The number of H-pyrrole nitrogens is 1. The number of rotatable bonds is 7. The van der Waals surface area contributed by atoms with Crippen molar-refractivity contribution in [1.29, 1.82) is 0 Å². The SMILES string of the molecule is O=C(O)Cc1ccc(Oc2nc3nc(-c4ccc(N5CCOCC5)cc4)c(CF)cc3[nH]2)cc1. The molecule has 1 aliphatic heterocycles. The topological polar surface area (TPSA) is 101 Å². The molecule has 1 fully saturated rings. The zero-order valence-electron chi connectivity index (χ0n) is 18.3. The summed E-state index contributed by atoms with van der Waals surface area (Å²) < 4.78 is 25.1. The van der Waals surface area contributed by atoms with Crippen LogP contribution in [0.4, 0.5) is 10.1 Å². The highest BCUT2D eigenvalue weighted by Crippen LogP contribution is 2.29. The summed E-state index contributed by atoms with van der Waals surface area (Å²) in [5.41, 5.74) is 4.56. The lowest BCUT2D eigenvalue weighted by atomic mass is 10.1. The number of alkyl halides is 1. The van der Waals surface area contributed by atoms with Crippen LogP contribution in [0, 0.1) is 0 Å². The Balaban J connectivity index is 1.39. The van der Waals surface area contributed by atoms with Gasteiger partial charge in [-0.15, -0.1) is 0 Å². The number of halogens is 1. The fraction of sp³-hybridized carbons (Fsp3) is 0.240. The van der Waals surface area contributed by atoms with Crippen molar-refractivity contribution in [3.63, 3.8) is 0 Å². The molecule has 2 aromatic heterocycles. The van der Waals surface area contributed by atoms with Gasteiger partial charge in [0.2, 0.25) is 0 Å². The van der Waals surface area contributed by atoms with Crippen LogP contribution in [0.3, 0.4) is 0 Å². The van der Waals surface area contributed by atoms with E-state index >= 15 is 0 Å². The molecule has 0 atom stereocenters. The molecule has 0 amide bonds. The number of nitrogens with zero attached hydrogens (tertiary/aromatic N) is 3. The minimum absolute atomic E-state index is 0.0585. The molecular weight excluding hydrogens is 439 g/mol. The molecule has 0 saturated carbocycles. The summed E-state index contributed by atoms with van der Waals surface area (Å²) in [5.74, 6) is -0.398. The van der Waals surface area contributed by atoms with Crippen molar-refractivity contribution in [1.82, 2.24) is 15.0 Å². The van der Waals surface area contributed by atoms with Crippen LogP contribution < -0.4 is 9.64 Å². The van der Waals surface area contributed by atoms with Crippen LogP contribution in [0.25, 0.3) is 22.4 Å². The van der Waals surface area contributed by atoms with Crippen LogP contribution in [-0.4, -0.2) is 52.3 Å². The first-order valence-corrected chi connectivity index (χ1v) is 11.0. The smallest absolute Gasteiger partial charge is 0.307 e. The first kappa shape index (κ1) is 21.8. The summed E-state index contributed by atoms with van der Waals surface area (Å²) in [7, 11) is 0. The maximum atomic E-state index is 13.9. The van der Waals surface area contributed by atoms with E-state index in [1.54, 1.807) is 30.3 Å². The monoisotopic (exact) mass is 462 g/mol. The second-order valence-corrected chi connectivity index (χ2v) is 8.01. The van der Waals surface area contributed by atoms with E-state index in [0.29, 0.717) is 46.9 Å². The highest BCUT2D eigenvalue weighted by molar-refractivity contribution is 5.79. The van der Waals surface area contributed by atoms with Crippen LogP contribution in [0.1, 0.15) is 11.1 Å². The normalized spacial score (nSPS) is 13.9. The minimum atomic E-state index is -0.896. The van der Waals surface area contributed by atoms with Gasteiger partial charge in [0, 0.05) is 29.9 Å². The molecule has 3 heterocycles. The van der Waals surface area contributed by atoms with Gasteiger partial charge in [-0.05, 0) is 35.9 Å². The number of pyridine rings is 1. The van der Waals surface area contributed by atoms with Crippen molar-refractivity contribution in [2.75, 3.05) is 31.2 Å². The highest BCUT2D eigenvalue weighted by Gasteiger charge is 2.15. The van der Waals surface area contributed by atoms with E-state index in [1.165, 1.54) is 0 Å². The first-order chi connectivity index (χ1) is 16.6. The predicted octanol–water partition coefficient (Wildman–Crippen LogP) is 4.35. The van der Waals surface area contributed by atoms with Crippen molar-refractivity contribution in [2.24, 2.45) is 0 Å². The molecule has 4 aromatic rings. The summed E-state index contributed by atoms with van der Waals surface area (Å²) >= 11 is 0. The minimum Gasteiger partial charge on any atom is -0.481 e. The van der Waals surface area contributed by atoms with Crippen molar-refractivity contribution >= 4 is 22.8 Å². The molecule has 1 aliphatic rings. The Morgan fingerprint density at radius 3 is 2.50 bits per heavy atom. The summed E-state index contributed by atoms with van der Waals surface area (Å²) in [5, 5.41) is 8.89. The van der Waals surface area contributed by atoms with Crippen LogP contribution >= 0.6 is 0 Å². The average Bonchev–Trinajstić information content (AvgIpc) is 3.26. The fourth-order valence-electron chi connectivity index (χ4n) is 3.98. The average molecular weight is 462 g/mol. The zero-order valence-corrected chi connectivity index (χ0v) is 18.3. The number of aromatic amines is 1. The Morgan fingerprint density at radius 2 is 1.82 bits per heavy atom. The third-order valence-corrected chi connectivity index (χ3v) is 5.68. The van der Waals surface area contributed by atoms with E-state index in [0.717, 1.165) is 24.3 Å². The molecule has 174 valence electrons. The lowest BCUT2D eigenvalue weighted by molar-refractivity contribution is -0.136. The largest absolute Gasteiger partial charge is 0.481 e. The number of hydrogen-bond donors (Lipinski definition) is 2. The van der Waals surface area contributed by atoms with Gasteiger partial charge >= 0.3 is 12.0 Å². The van der Waals surface area contributed by atoms with E-state index in [9.17, 15) is 9.18 Å². The molecule has 1 saturated heterocycles. The number of carboxylic acids is 1. The number of carboxylic acid groups (broad SMARTS) is 1. The maximum absolute atomic E-state index is 13.9. The second-order valence-electron chi connectivity index (χ2n) is 8.01. The number of aromatic nitrogens is 3. The van der Waals surface area contributed by atoms with Gasteiger partial charge in [-0.3, -0.25) is 4.79 Å². The molecule has 9 heteroatoms. The first-order valence-electron chi connectivity index (χ1n) is 11.0. The molecule has 8 nitrogen and oxygen atoms in total. The summed E-state index contributed by atoms with van der Waals surface area (Å²) in [6.07, 6.45) is -0.0585. The molecule has 2 N–H and O–H groups in total. The molecule has 0 unspecified atom stereocenters. The van der Waals surface area contributed by atoms with E-state index in [-0.39, 0.29) is 12.4 Å². The van der Waals surface area contributed by atoms with E-state index < -0.39 is 12.6 Å². The van der Waals surface area contributed by atoms with Crippen molar-refractivity contribution in [3.05, 3.63) is 65.7 Å². The Labute approximate surface area is 195 Å². The van der Waals surface area contributed by atoms with Crippen LogP contribution in [0.15, 0.2) is 54.6 Å². The second kappa shape index (κ2) is 9.48. The lowest BCUT2D eigenvalue weighted by Crippen LogP contribution is -2.36. The van der Waals surface area contributed by atoms with Gasteiger partial charge in [0.15, 0.2) is 5.65 Å². The van der Waals surface area contributed by atoms with E-state index in [4.69, 9.17) is 14.6 Å². The Bertz CT molecular complexity index is 1300. The van der Waals surface area contributed by atoms with Gasteiger partial charge in [-0.1, -0.05) is 24.3 Å². The van der Waals surface area contributed by atoms with Gasteiger partial charge in [0.05, 0.1) is 30.8 Å². The van der Waals surface area contributed by atoms with Crippen molar-refractivity contribution in [2.45, 2.75) is 13.1 Å². The van der Waals surface area contributed by atoms with Crippen molar-refractivity contribution in [3.8, 4) is 23.0 Å².